The van der Waals surface area contributed by atoms with Gasteiger partial charge in [0.1, 0.15) is 11.4 Å². The summed E-state index contributed by atoms with van der Waals surface area (Å²) in [4.78, 5) is 26.7. The van der Waals surface area contributed by atoms with Gasteiger partial charge in [0.2, 0.25) is 5.82 Å². The van der Waals surface area contributed by atoms with Crippen LogP contribution < -0.4 is 15.6 Å². The largest absolute Gasteiger partial charge is 0.434 e. The number of ether oxygens (including phenoxy) is 1. The number of halogens is 3. The molecule has 3 heterocycles. The summed E-state index contributed by atoms with van der Waals surface area (Å²) in [6.45, 7) is -3.06. The van der Waals surface area contributed by atoms with Crippen molar-refractivity contribution < 1.29 is 22.7 Å². The summed E-state index contributed by atoms with van der Waals surface area (Å²) in [7, 11) is 0. The van der Waals surface area contributed by atoms with Crippen molar-refractivity contribution in [2.75, 3.05) is 0 Å². The number of rotatable bonds is 2. The summed E-state index contributed by atoms with van der Waals surface area (Å²) >= 11 is 0. The number of alkyl halides is 2. The molecule has 1 aromatic carbocycles. The van der Waals surface area contributed by atoms with Crippen molar-refractivity contribution in [3.63, 3.8) is 0 Å². The standard InChI is InChI=1S/C17H11F3N4O3/c18-8-5-24-14(22-16(8)26)12-7-4-9(13(12)23-24)21-15(25)6-2-1-3-10(11(6)7)27-17(19)20/h1-3,5,7,9,17H,4H2,(H,21,25)(H,22,26). The maximum Gasteiger partial charge on any atom is 0.387 e. The van der Waals surface area contributed by atoms with Crippen LogP contribution in [0.1, 0.15) is 45.6 Å². The molecule has 1 amide bonds. The molecule has 1 aliphatic carbocycles. The number of fused-ring (bicyclic) bond motifs is 9. The summed E-state index contributed by atoms with van der Waals surface area (Å²) in [5.74, 6) is -2.06. The van der Waals surface area contributed by atoms with Gasteiger partial charge in [-0.1, -0.05) is 6.07 Å². The maximum atomic E-state index is 13.6. The van der Waals surface area contributed by atoms with Gasteiger partial charge in [0, 0.05) is 22.6 Å². The molecule has 3 aromatic rings. The number of aromatic amines is 1. The minimum atomic E-state index is -3.06. The van der Waals surface area contributed by atoms with E-state index < -0.39 is 35.9 Å². The molecule has 0 saturated carbocycles. The van der Waals surface area contributed by atoms with Crippen molar-refractivity contribution in [3.8, 4) is 5.75 Å². The van der Waals surface area contributed by atoms with Crippen LogP contribution >= 0.6 is 0 Å². The van der Waals surface area contributed by atoms with Gasteiger partial charge in [-0.15, -0.1) is 0 Å². The van der Waals surface area contributed by atoms with Crippen molar-refractivity contribution in [3.05, 3.63) is 63.0 Å². The molecule has 10 heteroatoms. The molecular formula is C17H11F3N4O3. The van der Waals surface area contributed by atoms with E-state index in [0.717, 1.165) is 6.20 Å². The molecule has 0 spiro atoms. The predicted octanol–water partition coefficient (Wildman–Crippen LogP) is 2.08. The lowest BCUT2D eigenvalue weighted by atomic mass is 9.89. The van der Waals surface area contributed by atoms with Crippen molar-refractivity contribution in [2.24, 2.45) is 0 Å². The van der Waals surface area contributed by atoms with Crippen LogP contribution in [-0.2, 0) is 0 Å². The van der Waals surface area contributed by atoms with Crippen LogP contribution in [0.3, 0.4) is 0 Å². The molecule has 2 N–H and O–H groups in total. The zero-order chi connectivity index (χ0) is 18.9. The van der Waals surface area contributed by atoms with E-state index in [4.69, 9.17) is 0 Å². The molecule has 27 heavy (non-hydrogen) atoms. The SMILES string of the molecule is O=C1NC2CC(c3c(OC(F)F)cccc31)c1c2nn2cc(F)c(=O)[nH]c12. The van der Waals surface area contributed by atoms with Gasteiger partial charge in [-0.05, 0) is 18.6 Å². The van der Waals surface area contributed by atoms with Crippen LogP contribution in [0, 0.1) is 5.82 Å². The van der Waals surface area contributed by atoms with E-state index in [1.807, 2.05) is 0 Å². The van der Waals surface area contributed by atoms with Crippen LogP contribution in [0.5, 0.6) is 5.75 Å². The van der Waals surface area contributed by atoms with Crippen molar-refractivity contribution in [1.82, 2.24) is 19.9 Å². The van der Waals surface area contributed by atoms with Crippen LogP contribution in [0.25, 0.3) is 5.65 Å². The lowest BCUT2D eigenvalue weighted by molar-refractivity contribution is -0.0505. The maximum absolute atomic E-state index is 13.6. The number of nitrogens with one attached hydrogen (secondary N) is 2. The van der Waals surface area contributed by atoms with Crippen molar-refractivity contribution in [2.45, 2.75) is 25.0 Å². The number of carbonyl (C=O) groups is 1. The molecular weight excluding hydrogens is 365 g/mol. The first-order valence-electron chi connectivity index (χ1n) is 8.13. The first kappa shape index (κ1) is 15.9. The minimum Gasteiger partial charge on any atom is -0.434 e. The number of nitrogens with zero attached hydrogens (tertiary/aromatic N) is 2. The van der Waals surface area contributed by atoms with Gasteiger partial charge in [0.05, 0.1) is 17.9 Å². The van der Waals surface area contributed by atoms with E-state index in [9.17, 15) is 22.8 Å². The fourth-order valence-corrected chi connectivity index (χ4v) is 4.01. The summed E-state index contributed by atoms with van der Waals surface area (Å²) in [5.41, 5.74) is 0.895. The molecule has 2 unspecified atom stereocenters. The van der Waals surface area contributed by atoms with Gasteiger partial charge in [0.25, 0.3) is 11.5 Å². The van der Waals surface area contributed by atoms with Gasteiger partial charge in [-0.3, -0.25) is 9.59 Å². The molecule has 1 aliphatic heterocycles. The first-order chi connectivity index (χ1) is 12.9. The lowest BCUT2D eigenvalue weighted by Crippen LogP contribution is -2.27. The van der Waals surface area contributed by atoms with Crippen molar-refractivity contribution in [1.29, 1.82) is 0 Å². The third kappa shape index (κ3) is 2.19. The average molecular weight is 376 g/mol. The fraction of sp³-hybridized carbons (Fsp3) is 0.235. The Morgan fingerprint density at radius 1 is 1.26 bits per heavy atom. The molecule has 0 fully saturated rings. The van der Waals surface area contributed by atoms with Gasteiger partial charge >= 0.3 is 6.61 Å². The van der Waals surface area contributed by atoms with Gasteiger partial charge in [-0.25, -0.2) is 4.52 Å². The van der Waals surface area contributed by atoms with Gasteiger partial charge in [-0.2, -0.15) is 18.3 Å². The highest BCUT2D eigenvalue weighted by atomic mass is 19.3. The molecule has 2 aliphatic rings. The molecule has 2 bridgehead atoms. The van der Waals surface area contributed by atoms with Crippen LogP contribution in [0.4, 0.5) is 13.2 Å². The van der Waals surface area contributed by atoms with Gasteiger partial charge in [0.15, 0.2) is 0 Å². The Labute approximate surface area is 148 Å². The molecule has 2 atom stereocenters. The Kier molecular flexibility index (Phi) is 3.15. The highest BCUT2D eigenvalue weighted by Gasteiger charge is 2.43. The third-order valence-electron chi connectivity index (χ3n) is 4.99. The van der Waals surface area contributed by atoms with E-state index in [1.54, 1.807) is 0 Å². The number of benzene rings is 1. The third-order valence-corrected chi connectivity index (χ3v) is 4.99. The molecule has 2 aromatic heterocycles. The normalized spacial score (nSPS) is 20.4. The number of hydrogen-bond acceptors (Lipinski definition) is 4. The number of amides is 1. The Morgan fingerprint density at radius 3 is 2.85 bits per heavy atom. The van der Waals surface area contributed by atoms with Crippen molar-refractivity contribution >= 4 is 11.6 Å². The Morgan fingerprint density at radius 2 is 2.07 bits per heavy atom. The smallest absolute Gasteiger partial charge is 0.387 e. The molecule has 138 valence electrons. The monoisotopic (exact) mass is 376 g/mol. The number of carbonyl (C=O) groups excluding carboxylic acids is 1. The van der Waals surface area contributed by atoms with Crippen LogP contribution in [0.2, 0.25) is 0 Å². The van der Waals surface area contributed by atoms with Crippen LogP contribution in [0.15, 0.2) is 29.2 Å². The van der Waals surface area contributed by atoms with E-state index in [2.05, 4.69) is 20.1 Å². The predicted molar refractivity (Wildman–Crippen MR) is 85.5 cm³/mol. The zero-order valence-corrected chi connectivity index (χ0v) is 13.5. The Balaban J connectivity index is 1.81. The fourth-order valence-electron chi connectivity index (χ4n) is 4.01. The first-order valence-corrected chi connectivity index (χ1v) is 8.13. The number of H-pyrrole nitrogens is 1. The van der Waals surface area contributed by atoms with Crippen LogP contribution in [-0.4, -0.2) is 27.1 Å². The highest BCUT2D eigenvalue weighted by Crippen LogP contribution is 2.50. The second kappa shape index (κ2) is 5.35. The lowest BCUT2D eigenvalue weighted by Gasteiger charge is -2.18. The second-order valence-corrected chi connectivity index (χ2v) is 6.43. The zero-order valence-electron chi connectivity index (χ0n) is 13.5. The molecule has 5 rings (SSSR count). The number of hydrogen-bond donors (Lipinski definition) is 2. The summed E-state index contributed by atoms with van der Waals surface area (Å²) in [5, 5.41) is 7.09. The molecule has 0 radical (unpaired) electrons. The summed E-state index contributed by atoms with van der Waals surface area (Å²) in [6, 6.07) is 3.86. The second-order valence-electron chi connectivity index (χ2n) is 6.43. The van der Waals surface area contributed by atoms with E-state index in [1.165, 1.54) is 22.7 Å². The topological polar surface area (TPSA) is 88.5 Å². The average Bonchev–Trinajstić information content (AvgIpc) is 3.07. The Bertz CT molecular complexity index is 1170. The number of aromatic nitrogens is 3. The van der Waals surface area contributed by atoms with Gasteiger partial charge < -0.3 is 15.0 Å². The molecule has 7 nitrogen and oxygen atoms in total. The minimum absolute atomic E-state index is 0.111. The van der Waals surface area contributed by atoms with E-state index in [0.29, 0.717) is 23.2 Å². The summed E-state index contributed by atoms with van der Waals surface area (Å²) in [6.07, 6.45) is 1.32. The van der Waals surface area contributed by atoms with E-state index in [-0.39, 0.29) is 17.0 Å². The molecule has 0 saturated heterocycles. The Hall–Kier alpha value is -3.30. The highest BCUT2D eigenvalue weighted by molar-refractivity contribution is 5.98. The summed E-state index contributed by atoms with van der Waals surface area (Å²) < 4.78 is 45.2. The van der Waals surface area contributed by atoms with E-state index >= 15 is 0 Å². The quantitative estimate of drug-likeness (QED) is 0.717.